The molecule has 0 aromatic carbocycles. The fourth-order valence-corrected chi connectivity index (χ4v) is 7.38. The fourth-order valence-electron chi connectivity index (χ4n) is 7.38. The number of carbonyl (C=O) groups is 2. The first kappa shape index (κ1) is 18.3. The van der Waals surface area contributed by atoms with E-state index in [9.17, 15) is 9.59 Å². The summed E-state index contributed by atoms with van der Waals surface area (Å²) in [6, 6.07) is 0.225. The fraction of sp³-hybridized carbons (Fsp3) is 0.826. The van der Waals surface area contributed by atoms with Gasteiger partial charge in [0.05, 0.1) is 0 Å². The third kappa shape index (κ3) is 2.60. The van der Waals surface area contributed by atoms with E-state index in [1.165, 1.54) is 31.3 Å². The zero-order valence-corrected chi connectivity index (χ0v) is 16.9. The van der Waals surface area contributed by atoms with Gasteiger partial charge in [0, 0.05) is 18.4 Å². The van der Waals surface area contributed by atoms with Crippen molar-refractivity contribution in [3.63, 3.8) is 0 Å². The standard InChI is InChI=1S/C23H35NO2/c1-14(2)24-21(26)20-8-7-18-17-6-5-15-13-16(25)9-11-22(15,3)19(17)10-12-23(18,20)4/h13-14,17-20H,5-12H2,1-4H3,(H,24,26)/t17-,18-,19-,20+,22-,23-/m0/s1. The van der Waals surface area contributed by atoms with Crippen molar-refractivity contribution in [3.8, 4) is 0 Å². The predicted octanol–water partition coefficient (Wildman–Crippen LogP) is 4.66. The maximum atomic E-state index is 12.8. The van der Waals surface area contributed by atoms with E-state index in [1.54, 1.807) is 0 Å². The van der Waals surface area contributed by atoms with Crippen LogP contribution in [0.3, 0.4) is 0 Å². The summed E-state index contributed by atoms with van der Waals surface area (Å²) in [5, 5.41) is 3.19. The first-order valence-corrected chi connectivity index (χ1v) is 10.8. The van der Waals surface area contributed by atoms with Gasteiger partial charge < -0.3 is 5.32 Å². The van der Waals surface area contributed by atoms with Crippen molar-refractivity contribution in [2.75, 3.05) is 0 Å². The molecule has 144 valence electrons. The first-order valence-electron chi connectivity index (χ1n) is 10.8. The molecule has 3 fully saturated rings. The monoisotopic (exact) mass is 357 g/mol. The molecule has 26 heavy (non-hydrogen) atoms. The van der Waals surface area contributed by atoms with Gasteiger partial charge in [0.1, 0.15) is 0 Å². The molecule has 0 unspecified atom stereocenters. The second-order valence-corrected chi connectivity index (χ2v) is 10.3. The lowest BCUT2D eigenvalue weighted by Crippen LogP contribution is -2.52. The van der Waals surface area contributed by atoms with Gasteiger partial charge in [0.15, 0.2) is 5.78 Å². The SMILES string of the molecule is CC(C)NC(=O)[C@H]1CC[C@H]2[C@@H]3CCC4=CC(=O)CC[C@]4(C)[C@H]3CC[C@]12C. The number of hydrogen-bond acceptors (Lipinski definition) is 2. The van der Waals surface area contributed by atoms with E-state index in [-0.39, 0.29) is 28.7 Å². The molecule has 1 N–H and O–H groups in total. The van der Waals surface area contributed by atoms with Crippen LogP contribution in [-0.4, -0.2) is 17.7 Å². The predicted molar refractivity (Wildman–Crippen MR) is 103 cm³/mol. The van der Waals surface area contributed by atoms with E-state index in [2.05, 4.69) is 33.0 Å². The number of carbonyl (C=O) groups excluding carboxylic acids is 2. The summed E-state index contributed by atoms with van der Waals surface area (Å²) in [6.07, 6.45) is 10.7. The lowest BCUT2D eigenvalue weighted by molar-refractivity contribution is -0.133. The quantitative estimate of drug-likeness (QED) is 0.781. The maximum Gasteiger partial charge on any atom is 0.223 e. The molecule has 0 aliphatic heterocycles. The van der Waals surface area contributed by atoms with Crippen molar-refractivity contribution in [3.05, 3.63) is 11.6 Å². The maximum absolute atomic E-state index is 12.8. The zero-order chi connectivity index (χ0) is 18.7. The van der Waals surface area contributed by atoms with Crippen LogP contribution in [0.5, 0.6) is 0 Å². The van der Waals surface area contributed by atoms with Gasteiger partial charge >= 0.3 is 0 Å². The minimum atomic E-state index is 0.169. The van der Waals surface area contributed by atoms with Crippen LogP contribution in [0.1, 0.15) is 79.1 Å². The third-order valence-corrected chi connectivity index (χ3v) is 8.71. The number of nitrogens with one attached hydrogen (secondary N) is 1. The molecule has 0 heterocycles. The van der Waals surface area contributed by atoms with Crippen molar-refractivity contribution >= 4 is 11.7 Å². The summed E-state index contributed by atoms with van der Waals surface area (Å²) in [7, 11) is 0. The molecule has 0 bridgehead atoms. The molecular formula is C23H35NO2. The van der Waals surface area contributed by atoms with Gasteiger partial charge in [-0.15, -0.1) is 0 Å². The Balaban J connectivity index is 1.59. The van der Waals surface area contributed by atoms with Gasteiger partial charge in [-0.2, -0.15) is 0 Å². The lowest BCUT2D eigenvalue weighted by atomic mass is 9.47. The van der Waals surface area contributed by atoms with Gasteiger partial charge in [-0.05, 0) is 93.5 Å². The minimum Gasteiger partial charge on any atom is -0.354 e. The summed E-state index contributed by atoms with van der Waals surface area (Å²) < 4.78 is 0. The number of fused-ring (bicyclic) bond motifs is 5. The minimum absolute atomic E-state index is 0.169. The highest BCUT2D eigenvalue weighted by Crippen LogP contribution is 2.66. The summed E-state index contributed by atoms with van der Waals surface area (Å²) in [5.41, 5.74) is 1.84. The number of ketones is 1. The number of hydrogen-bond donors (Lipinski definition) is 1. The van der Waals surface area contributed by atoms with Crippen LogP contribution in [-0.2, 0) is 9.59 Å². The van der Waals surface area contributed by atoms with Crippen LogP contribution < -0.4 is 5.32 Å². The normalized spacial score (nSPS) is 44.8. The summed E-state index contributed by atoms with van der Waals surface area (Å²) in [4.78, 5) is 24.8. The smallest absolute Gasteiger partial charge is 0.223 e. The summed E-state index contributed by atoms with van der Waals surface area (Å²) in [5.74, 6) is 2.94. The van der Waals surface area contributed by atoms with Crippen molar-refractivity contribution in [2.24, 2.45) is 34.5 Å². The number of rotatable bonds is 2. The Morgan fingerprint density at radius 1 is 1.08 bits per heavy atom. The van der Waals surface area contributed by atoms with Gasteiger partial charge in [-0.1, -0.05) is 19.4 Å². The molecule has 0 saturated heterocycles. The Hall–Kier alpha value is -1.12. The molecule has 4 aliphatic rings. The molecule has 3 heteroatoms. The Bertz CT molecular complexity index is 651. The molecule has 0 aromatic heterocycles. The zero-order valence-electron chi connectivity index (χ0n) is 16.9. The van der Waals surface area contributed by atoms with E-state index in [4.69, 9.17) is 0 Å². The summed E-state index contributed by atoms with van der Waals surface area (Å²) in [6.45, 7) is 8.96. The molecule has 3 saturated carbocycles. The molecule has 3 nitrogen and oxygen atoms in total. The summed E-state index contributed by atoms with van der Waals surface area (Å²) >= 11 is 0. The van der Waals surface area contributed by atoms with E-state index in [0.717, 1.165) is 31.6 Å². The van der Waals surface area contributed by atoms with Crippen LogP contribution in [0.15, 0.2) is 11.6 Å². The second-order valence-electron chi connectivity index (χ2n) is 10.3. The van der Waals surface area contributed by atoms with Gasteiger partial charge in [0.2, 0.25) is 5.91 Å². The molecule has 0 spiro atoms. The third-order valence-electron chi connectivity index (χ3n) is 8.71. The van der Waals surface area contributed by atoms with Crippen LogP contribution in [0, 0.1) is 34.5 Å². The molecule has 0 radical (unpaired) electrons. The molecule has 0 aromatic rings. The molecule has 6 atom stereocenters. The van der Waals surface area contributed by atoms with E-state index in [1.807, 2.05) is 6.08 Å². The highest BCUT2D eigenvalue weighted by molar-refractivity contribution is 5.91. The molecule has 4 rings (SSSR count). The average Bonchev–Trinajstić information content (AvgIpc) is 2.92. The van der Waals surface area contributed by atoms with Crippen molar-refractivity contribution in [2.45, 2.75) is 85.1 Å². The number of allylic oxidation sites excluding steroid dienone is 1. The lowest BCUT2D eigenvalue weighted by Gasteiger charge is -2.58. The largest absolute Gasteiger partial charge is 0.354 e. The Morgan fingerprint density at radius 3 is 2.58 bits per heavy atom. The van der Waals surface area contributed by atoms with Crippen LogP contribution in [0.25, 0.3) is 0 Å². The highest BCUT2D eigenvalue weighted by Gasteiger charge is 2.60. The first-order chi connectivity index (χ1) is 12.3. The van der Waals surface area contributed by atoms with Crippen LogP contribution in [0.2, 0.25) is 0 Å². The van der Waals surface area contributed by atoms with Gasteiger partial charge in [-0.3, -0.25) is 9.59 Å². The van der Waals surface area contributed by atoms with Crippen molar-refractivity contribution < 1.29 is 9.59 Å². The van der Waals surface area contributed by atoms with Crippen molar-refractivity contribution in [1.29, 1.82) is 0 Å². The Labute approximate surface area is 158 Å². The van der Waals surface area contributed by atoms with Gasteiger partial charge in [0.25, 0.3) is 0 Å². The molecule has 1 amide bonds. The molecular weight excluding hydrogens is 322 g/mol. The molecule has 4 aliphatic carbocycles. The van der Waals surface area contributed by atoms with Crippen molar-refractivity contribution in [1.82, 2.24) is 5.32 Å². The Morgan fingerprint density at radius 2 is 1.85 bits per heavy atom. The Kier molecular flexibility index (Phi) is 4.36. The van der Waals surface area contributed by atoms with E-state index < -0.39 is 0 Å². The second kappa shape index (κ2) is 6.21. The van der Waals surface area contributed by atoms with Gasteiger partial charge in [-0.25, -0.2) is 0 Å². The van der Waals surface area contributed by atoms with E-state index >= 15 is 0 Å². The van der Waals surface area contributed by atoms with Crippen LogP contribution in [0.4, 0.5) is 0 Å². The average molecular weight is 358 g/mol. The highest BCUT2D eigenvalue weighted by atomic mass is 16.2. The van der Waals surface area contributed by atoms with Crippen LogP contribution >= 0.6 is 0 Å². The number of amides is 1. The topological polar surface area (TPSA) is 46.2 Å². The van der Waals surface area contributed by atoms with E-state index in [0.29, 0.717) is 17.6 Å².